The van der Waals surface area contributed by atoms with Crippen LogP contribution in [0.25, 0.3) is 0 Å². The SMILES string of the molecule is CSCC(C)N(C)C(C)C(C)C(=O)O. The summed E-state index contributed by atoms with van der Waals surface area (Å²) < 4.78 is 0. The Labute approximate surface area is 90.9 Å². The molecule has 0 amide bonds. The van der Waals surface area contributed by atoms with E-state index in [-0.39, 0.29) is 12.0 Å². The molecule has 3 unspecified atom stereocenters. The molecule has 0 aromatic carbocycles. The van der Waals surface area contributed by atoms with Crippen LogP contribution in [-0.4, -0.2) is 47.1 Å². The average molecular weight is 219 g/mol. The third-order valence-electron chi connectivity index (χ3n) is 2.86. The number of thioether (sulfide) groups is 1. The minimum Gasteiger partial charge on any atom is -0.481 e. The van der Waals surface area contributed by atoms with Crippen LogP contribution < -0.4 is 0 Å². The molecule has 0 rings (SSSR count). The number of carbonyl (C=O) groups is 1. The molecular formula is C10H21NO2S. The van der Waals surface area contributed by atoms with Crippen molar-refractivity contribution in [1.82, 2.24) is 4.90 Å². The Kier molecular flexibility index (Phi) is 6.20. The van der Waals surface area contributed by atoms with Gasteiger partial charge in [0, 0.05) is 17.8 Å². The summed E-state index contributed by atoms with van der Waals surface area (Å²) in [6.45, 7) is 5.85. The third kappa shape index (κ3) is 3.88. The van der Waals surface area contributed by atoms with Gasteiger partial charge in [0.15, 0.2) is 0 Å². The molecule has 3 atom stereocenters. The lowest BCUT2D eigenvalue weighted by molar-refractivity contribution is -0.143. The van der Waals surface area contributed by atoms with E-state index in [1.54, 1.807) is 18.7 Å². The topological polar surface area (TPSA) is 40.5 Å². The molecule has 0 fully saturated rings. The molecular weight excluding hydrogens is 198 g/mol. The fourth-order valence-electron chi connectivity index (χ4n) is 1.32. The molecule has 1 N–H and O–H groups in total. The zero-order valence-electron chi connectivity index (χ0n) is 9.65. The van der Waals surface area contributed by atoms with Crippen molar-refractivity contribution in [3.8, 4) is 0 Å². The van der Waals surface area contributed by atoms with E-state index in [2.05, 4.69) is 18.1 Å². The Balaban J connectivity index is 4.22. The number of rotatable bonds is 6. The van der Waals surface area contributed by atoms with Crippen LogP contribution in [0.2, 0.25) is 0 Å². The highest BCUT2D eigenvalue weighted by Gasteiger charge is 2.25. The maximum atomic E-state index is 10.8. The molecule has 0 aliphatic carbocycles. The summed E-state index contributed by atoms with van der Waals surface area (Å²) in [6.07, 6.45) is 2.07. The molecule has 0 bridgehead atoms. The van der Waals surface area contributed by atoms with Gasteiger partial charge in [0.1, 0.15) is 0 Å². The van der Waals surface area contributed by atoms with E-state index < -0.39 is 5.97 Å². The molecule has 0 aliphatic rings. The van der Waals surface area contributed by atoms with Gasteiger partial charge in [0.25, 0.3) is 0 Å². The van der Waals surface area contributed by atoms with Crippen molar-refractivity contribution in [3.05, 3.63) is 0 Å². The number of carboxylic acid groups (broad SMARTS) is 1. The van der Waals surface area contributed by atoms with Crippen molar-refractivity contribution < 1.29 is 9.90 Å². The second-order valence-corrected chi connectivity index (χ2v) is 4.75. The van der Waals surface area contributed by atoms with Crippen molar-refractivity contribution in [2.75, 3.05) is 19.1 Å². The molecule has 0 radical (unpaired) electrons. The van der Waals surface area contributed by atoms with E-state index in [4.69, 9.17) is 5.11 Å². The van der Waals surface area contributed by atoms with E-state index in [1.807, 2.05) is 14.0 Å². The number of hydrogen-bond acceptors (Lipinski definition) is 3. The lowest BCUT2D eigenvalue weighted by Gasteiger charge is -2.32. The Morgan fingerprint density at radius 3 is 2.29 bits per heavy atom. The molecule has 3 nitrogen and oxygen atoms in total. The predicted octanol–water partition coefficient (Wildman–Crippen LogP) is 1.78. The van der Waals surface area contributed by atoms with Crippen LogP contribution >= 0.6 is 11.8 Å². The van der Waals surface area contributed by atoms with Gasteiger partial charge in [-0.1, -0.05) is 6.92 Å². The predicted molar refractivity (Wildman–Crippen MR) is 61.9 cm³/mol. The van der Waals surface area contributed by atoms with Gasteiger partial charge in [-0.2, -0.15) is 11.8 Å². The molecule has 14 heavy (non-hydrogen) atoms. The summed E-state index contributed by atoms with van der Waals surface area (Å²) in [5.74, 6) is -0.00213. The lowest BCUT2D eigenvalue weighted by atomic mass is 10.0. The molecule has 0 aliphatic heterocycles. The summed E-state index contributed by atoms with van der Waals surface area (Å²) in [4.78, 5) is 12.9. The fourth-order valence-corrected chi connectivity index (χ4v) is 2.04. The molecule has 4 heteroatoms. The van der Waals surface area contributed by atoms with Gasteiger partial charge in [-0.3, -0.25) is 9.69 Å². The van der Waals surface area contributed by atoms with Crippen molar-refractivity contribution in [1.29, 1.82) is 0 Å². The van der Waals surface area contributed by atoms with Crippen LogP contribution in [0.3, 0.4) is 0 Å². The van der Waals surface area contributed by atoms with Gasteiger partial charge >= 0.3 is 5.97 Å². The number of carboxylic acids is 1. The Bertz CT molecular complexity index is 187. The Morgan fingerprint density at radius 2 is 1.93 bits per heavy atom. The highest BCUT2D eigenvalue weighted by atomic mass is 32.2. The first-order chi connectivity index (χ1) is 6.41. The van der Waals surface area contributed by atoms with Crippen LogP contribution in [0, 0.1) is 5.92 Å². The Hall–Kier alpha value is -0.220. The molecule has 0 heterocycles. The van der Waals surface area contributed by atoms with Crippen LogP contribution in [-0.2, 0) is 4.79 Å². The van der Waals surface area contributed by atoms with Gasteiger partial charge in [-0.15, -0.1) is 0 Å². The average Bonchev–Trinajstić information content (AvgIpc) is 2.14. The van der Waals surface area contributed by atoms with E-state index >= 15 is 0 Å². The van der Waals surface area contributed by atoms with Crippen LogP contribution in [0.4, 0.5) is 0 Å². The third-order valence-corrected chi connectivity index (χ3v) is 3.67. The first kappa shape index (κ1) is 13.8. The highest BCUT2D eigenvalue weighted by Crippen LogP contribution is 2.14. The van der Waals surface area contributed by atoms with Crippen molar-refractivity contribution >= 4 is 17.7 Å². The van der Waals surface area contributed by atoms with Gasteiger partial charge in [-0.25, -0.2) is 0 Å². The summed E-state index contributed by atoms with van der Waals surface area (Å²) in [6, 6.07) is 0.497. The van der Waals surface area contributed by atoms with Crippen LogP contribution in [0.15, 0.2) is 0 Å². The summed E-state index contributed by atoms with van der Waals surface area (Å²) in [5, 5.41) is 8.88. The van der Waals surface area contributed by atoms with E-state index in [0.29, 0.717) is 6.04 Å². The van der Waals surface area contributed by atoms with E-state index in [9.17, 15) is 4.79 Å². The highest BCUT2D eigenvalue weighted by molar-refractivity contribution is 7.98. The zero-order chi connectivity index (χ0) is 11.3. The molecule has 0 aromatic rings. The Morgan fingerprint density at radius 1 is 1.43 bits per heavy atom. The lowest BCUT2D eigenvalue weighted by Crippen LogP contribution is -2.43. The van der Waals surface area contributed by atoms with E-state index in [1.165, 1.54) is 0 Å². The summed E-state index contributed by atoms with van der Waals surface area (Å²) in [7, 11) is 1.99. The minimum absolute atomic E-state index is 0.0784. The summed E-state index contributed by atoms with van der Waals surface area (Å²) >= 11 is 1.79. The molecule has 0 aromatic heterocycles. The monoisotopic (exact) mass is 219 g/mol. The normalized spacial score (nSPS) is 17.9. The zero-order valence-corrected chi connectivity index (χ0v) is 10.5. The standard InChI is InChI=1S/C10H21NO2S/c1-7(6-14-5)11(4)9(3)8(2)10(12)13/h7-9H,6H2,1-5H3,(H,12,13). The van der Waals surface area contributed by atoms with Crippen molar-refractivity contribution in [3.63, 3.8) is 0 Å². The number of nitrogens with zero attached hydrogens (tertiary/aromatic N) is 1. The van der Waals surface area contributed by atoms with E-state index in [0.717, 1.165) is 5.75 Å². The molecule has 84 valence electrons. The first-order valence-electron chi connectivity index (χ1n) is 4.85. The molecule has 0 saturated heterocycles. The van der Waals surface area contributed by atoms with Crippen molar-refractivity contribution in [2.24, 2.45) is 5.92 Å². The second-order valence-electron chi connectivity index (χ2n) is 3.84. The largest absolute Gasteiger partial charge is 0.481 e. The van der Waals surface area contributed by atoms with Gasteiger partial charge in [0.2, 0.25) is 0 Å². The van der Waals surface area contributed by atoms with Crippen molar-refractivity contribution in [2.45, 2.75) is 32.9 Å². The number of hydrogen-bond donors (Lipinski definition) is 1. The second kappa shape index (κ2) is 6.30. The quantitative estimate of drug-likeness (QED) is 0.739. The van der Waals surface area contributed by atoms with Gasteiger partial charge < -0.3 is 5.11 Å². The smallest absolute Gasteiger partial charge is 0.307 e. The van der Waals surface area contributed by atoms with Crippen LogP contribution in [0.5, 0.6) is 0 Å². The maximum Gasteiger partial charge on any atom is 0.307 e. The number of aliphatic carboxylic acids is 1. The van der Waals surface area contributed by atoms with Crippen LogP contribution in [0.1, 0.15) is 20.8 Å². The van der Waals surface area contributed by atoms with Gasteiger partial charge in [0.05, 0.1) is 5.92 Å². The summed E-state index contributed by atoms with van der Waals surface area (Å²) in [5.41, 5.74) is 0. The molecule has 0 saturated carbocycles. The minimum atomic E-state index is -0.722. The first-order valence-corrected chi connectivity index (χ1v) is 6.24. The van der Waals surface area contributed by atoms with Gasteiger partial charge in [-0.05, 0) is 27.2 Å². The molecule has 0 spiro atoms. The maximum absolute atomic E-state index is 10.8. The fraction of sp³-hybridized carbons (Fsp3) is 0.900.